The minimum Gasteiger partial charge on any atom is -0.307 e. The number of thiazole rings is 1. The SMILES string of the molecule is Cc1nc(Cc2c(F)cccc2Cl)sc1CNC(C)(C)C. The highest BCUT2D eigenvalue weighted by Gasteiger charge is 2.15. The Hall–Kier alpha value is -0.970. The molecular formula is C16H20ClFN2S. The van der Waals surface area contributed by atoms with Crippen LogP contribution in [0, 0.1) is 12.7 Å². The van der Waals surface area contributed by atoms with Gasteiger partial charge >= 0.3 is 0 Å². The number of hydrogen-bond donors (Lipinski definition) is 1. The van der Waals surface area contributed by atoms with E-state index in [1.165, 1.54) is 10.9 Å². The summed E-state index contributed by atoms with van der Waals surface area (Å²) in [6.45, 7) is 9.15. The van der Waals surface area contributed by atoms with Gasteiger partial charge < -0.3 is 5.32 Å². The third kappa shape index (κ3) is 4.50. The molecule has 0 radical (unpaired) electrons. The van der Waals surface area contributed by atoms with E-state index >= 15 is 0 Å². The molecular weight excluding hydrogens is 307 g/mol. The zero-order chi connectivity index (χ0) is 15.6. The van der Waals surface area contributed by atoms with Gasteiger partial charge in [-0.25, -0.2) is 9.37 Å². The monoisotopic (exact) mass is 326 g/mol. The summed E-state index contributed by atoms with van der Waals surface area (Å²) in [5.41, 5.74) is 1.58. The van der Waals surface area contributed by atoms with E-state index in [4.69, 9.17) is 11.6 Å². The van der Waals surface area contributed by atoms with Gasteiger partial charge in [-0.2, -0.15) is 0 Å². The minimum absolute atomic E-state index is 0.0610. The Labute approximate surface area is 134 Å². The summed E-state index contributed by atoms with van der Waals surface area (Å²) in [4.78, 5) is 5.73. The van der Waals surface area contributed by atoms with E-state index in [-0.39, 0.29) is 11.4 Å². The first kappa shape index (κ1) is 16.4. The van der Waals surface area contributed by atoms with Crippen LogP contribution in [0.2, 0.25) is 5.02 Å². The van der Waals surface area contributed by atoms with Crippen molar-refractivity contribution in [2.45, 2.75) is 46.2 Å². The molecule has 2 aromatic rings. The highest BCUT2D eigenvalue weighted by Crippen LogP contribution is 2.26. The minimum atomic E-state index is -0.273. The van der Waals surface area contributed by atoms with Crippen LogP contribution in [-0.4, -0.2) is 10.5 Å². The smallest absolute Gasteiger partial charge is 0.128 e. The molecule has 114 valence electrons. The fourth-order valence-corrected chi connectivity index (χ4v) is 3.18. The van der Waals surface area contributed by atoms with Crippen LogP contribution < -0.4 is 5.32 Å². The van der Waals surface area contributed by atoms with Crippen molar-refractivity contribution in [1.82, 2.24) is 10.3 Å². The lowest BCUT2D eigenvalue weighted by atomic mass is 10.1. The van der Waals surface area contributed by atoms with E-state index < -0.39 is 0 Å². The number of aryl methyl sites for hydroxylation is 1. The van der Waals surface area contributed by atoms with Crippen molar-refractivity contribution < 1.29 is 4.39 Å². The molecule has 0 spiro atoms. The summed E-state index contributed by atoms with van der Waals surface area (Å²) >= 11 is 7.69. The Morgan fingerprint density at radius 2 is 2.05 bits per heavy atom. The normalized spacial score (nSPS) is 11.9. The van der Waals surface area contributed by atoms with Gasteiger partial charge in [-0.15, -0.1) is 11.3 Å². The summed E-state index contributed by atoms with van der Waals surface area (Å²) in [5.74, 6) is -0.273. The topological polar surface area (TPSA) is 24.9 Å². The van der Waals surface area contributed by atoms with Gasteiger partial charge in [0.15, 0.2) is 0 Å². The maximum Gasteiger partial charge on any atom is 0.128 e. The molecule has 0 bridgehead atoms. The average Bonchev–Trinajstić information content (AvgIpc) is 2.71. The molecule has 1 aromatic heterocycles. The molecule has 0 aliphatic rings. The first-order valence-electron chi connectivity index (χ1n) is 6.89. The van der Waals surface area contributed by atoms with Crippen LogP contribution >= 0.6 is 22.9 Å². The summed E-state index contributed by atoms with van der Waals surface area (Å²) in [6, 6.07) is 4.76. The second kappa shape index (κ2) is 6.42. The first-order chi connectivity index (χ1) is 9.76. The van der Waals surface area contributed by atoms with E-state index in [2.05, 4.69) is 31.1 Å². The highest BCUT2D eigenvalue weighted by atomic mass is 35.5. The molecule has 0 saturated heterocycles. The lowest BCUT2D eigenvalue weighted by Crippen LogP contribution is -2.34. The fraction of sp³-hybridized carbons (Fsp3) is 0.438. The third-order valence-electron chi connectivity index (χ3n) is 3.11. The predicted octanol–water partition coefficient (Wildman–Crippen LogP) is 4.72. The van der Waals surface area contributed by atoms with E-state index in [9.17, 15) is 4.39 Å². The van der Waals surface area contributed by atoms with E-state index in [1.807, 2.05) is 6.92 Å². The van der Waals surface area contributed by atoms with E-state index in [0.29, 0.717) is 17.0 Å². The summed E-state index contributed by atoms with van der Waals surface area (Å²) in [6.07, 6.45) is 0.437. The molecule has 0 amide bonds. The molecule has 1 heterocycles. The lowest BCUT2D eigenvalue weighted by molar-refractivity contribution is 0.425. The number of rotatable bonds is 4. The molecule has 0 saturated carbocycles. The number of nitrogens with one attached hydrogen (secondary N) is 1. The quantitative estimate of drug-likeness (QED) is 0.879. The van der Waals surface area contributed by atoms with E-state index in [1.54, 1.807) is 23.5 Å². The summed E-state index contributed by atoms with van der Waals surface area (Å²) in [5, 5.41) is 4.80. The second-order valence-corrected chi connectivity index (χ2v) is 7.67. The van der Waals surface area contributed by atoms with E-state index in [0.717, 1.165) is 17.2 Å². The van der Waals surface area contributed by atoms with Crippen LogP contribution in [0.4, 0.5) is 4.39 Å². The fourth-order valence-electron chi connectivity index (χ4n) is 1.93. The molecule has 0 atom stereocenters. The lowest BCUT2D eigenvalue weighted by Gasteiger charge is -2.19. The largest absolute Gasteiger partial charge is 0.307 e. The van der Waals surface area contributed by atoms with Crippen molar-refractivity contribution in [1.29, 1.82) is 0 Å². The molecule has 0 fully saturated rings. The third-order valence-corrected chi connectivity index (χ3v) is 4.62. The summed E-state index contributed by atoms with van der Waals surface area (Å²) in [7, 11) is 0. The molecule has 21 heavy (non-hydrogen) atoms. The molecule has 0 aliphatic heterocycles. The van der Waals surface area contributed by atoms with Gasteiger partial charge in [0.1, 0.15) is 5.82 Å². The predicted molar refractivity (Wildman–Crippen MR) is 87.7 cm³/mol. The maximum absolute atomic E-state index is 13.8. The Morgan fingerprint density at radius 1 is 1.33 bits per heavy atom. The molecule has 0 unspecified atom stereocenters. The van der Waals surface area contributed by atoms with Crippen LogP contribution in [0.1, 0.15) is 41.9 Å². The van der Waals surface area contributed by atoms with Gasteiger partial charge in [-0.05, 0) is 39.8 Å². The van der Waals surface area contributed by atoms with Crippen LogP contribution in [0.25, 0.3) is 0 Å². The molecule has 1 aromatic carbocycles. The van der Waals surface area contributed by atoms with Gasteiger partial charge in [-0.3, -0.25) is 0 Å². The van der Waals surface area contributed by atoms with Crippen molar-refractivity contribution in [2.75, 3.05) is 0 Å². The van der Waals surface area contributed by atoms with Crippen molar-refractivity contribution in [2.24, 2.45) is 0 Å². The standard InChI is InChI=1S/C16H20ClFN2S/c1-10-14(9-19-16(2,3)4)21-15(20-10)8-11-12(17)6-5-7-13(11)18/h5-7,19H,8-9H2,1-4H3. The molecule has 2 rings (SSSR count). The van der Waals surface area contributed by atoms with Crippen molar-refractivity contribution in [3.63, 3.8) is 0 Å². The summed E-state index contributed by atoms with van der Waals surface area (Å²) < 4.78 is 13.8. The molecule has 0 aliphatic carbocycles. The van der Waals surface area contributed by atoms with Gasteiger partial charge in [0.05, 0.1) is 10.7 Å². The first-order valence-corrected chi connectivity index (χ1v) is 8.09. The number of aromatic nitrogens is 1. The van der Waals surface area contributed by atoms with Crippen molar-refractivity contribution >= 4 is 22.9 Å². The zero-order valence-corrected chi connectivity index (χ0v) is 14.3. The van der Waals surface area contributed by atoms with Crippen LogP contribution in [0.15, 0.2) is 18.2 Å². The Balaban J connectivity index is 2.15. The zero-order valence-electron chi connectivity index (χ0n) is 12.8. The van der Waals surface area contributed by atoms with Crippen LogP contribution in [0.3, 0.4) is 0 Å². The van der Waals surface area contributed by atoms with Crippen LogP contribution in [-0.2, 0) is 13.0 Å². The molecule has 1 N–H and O–H groups in total. The van der Waals surface area contributed by atoms with Gasteiger partial charge in [0.25, 0.3) is 0 Å². The average molecular weight is 327 g/mol. The van der Waals surface area contributed by atoms with Crippen molar-refractivity contribution in [3.8, 4) is 0 Å². The van der Waals surface area contributed by atoms with Gasteiger partial charge in [0, 0.05) is 34.0 Å². The number of halogens is 2. The van der Waals surface area contributed by atoms with Crippen molar-refractivity contribution in [3.05, 3.63) is 50.2 Å². The Morgan fingerprint density at radius 3 is 2.67 bits per heavy atom. The highest BCUT2D eigenvalue weighted by molar-refractivity contribution is 7.11. The van der Waals surface area contributed by atoms with Gasteiger partial charge in [0.2, 0.25) is 0 Å². The Kier molecular flexibility index (Phi) is 5.02. The molecule has 5 heteroatoms. The van der Waals surface area contributed by atoms with Crippen LogP contribution in [0.5, 0.6) is 0 Å². The maximum atomic E-state index is 13.8. The number of nitrogens with zero attached hydrogens (tertiary/aromatic N) is 1. The molecule has 2 nitrogen and oxygen atoms in total. The number of hydrogen-bond acceptors (Lipinski definition) is 3. The van der Waals surface area contributed by atoms with Gasteiger partial charge in [-0.1, -0.05) is 17.7 Å². The number of benzene rings is 1. The second-order valence-electron chi connectivity index (χ2n) is 6.10. The Bertz CT molecular complexity index is 611.